The molecule has 0 amide bonds. The van der Waals surface area contributed by atoms with Crippen LogP contribution in [0.3, 0.4) is 0 Å². The molecule has 1 aliphatic heterocycles. The number of aliphatic hydroxyl groups is 1. The second kappa shape index (κ2) is 9.37. The van der Waals surface area contributed by atoms with Gasteiger partial charge in [0.15, 0.2) is 5.69 Å². The van der Waals surface area contributed by atoms with E-state index in [4.69, 9.17) is 9.84 Å². The molecule has 1 fully saturated rings. The minimum Gasteiger partial charge on any atom is -0.477 e. The molecule has 0 radical (unpaired) electrons. The van der Waals surface area contributed by atoms with E-state index in [1.165, 1.54) is 0 Å². The summed E-state index contributed by atoms with van der Waals surface area (Å²) in [5, 5.41) is 26.5. The van der Waals surface area contributed by atoms with Gasteiger partial charge in [-0.1, -0.05) is 5.21 Å². The van der Waals surface area contributed by atoms with Gasteiger partial charge < -0.3 is 14.7 Å². The van der Waals surface area contributed by atoms with E-state index in [0.29, 0.717) is 29.6 Å². The third-order valence-electron chi connectivity index (χ3n) is 5.92. The van der Waals surface area contributed by atoms with Crippen molar-refractivity contribution in [2.45, 2.75) is 26.2 Å². The van der Waals surface area contributed by atoms with Crippen molar-refractivity contribution in [3.63, 3.8) is 0 Å². The predicted octanol–water partition coefficient (Wildman–Crippen LogP) is 2.08. The number of β-amino-alcohol motifs (C(OH)–C–C–N with tert-alkyl or cyclic N) is 1. The maximum Gasteiger partial charge on any atom is 0.216 e. The van der Waals surface area contributed by atoms with Gasteiger partial charge in [0, 0.05) is 30.9 Å². The van der Waals surface area contributed by atoms with Crippen LogP contribution in [0, 0.1) is 24.2 Å². The molecule has 0 spiro atoms. The Bertz CT molecular complexity index is 1100. The average molecular weight is 422 g/mol. The molecule has 0 bridgehead atoms. The molecule has 0 aliphatic carbocycles. The summed E-state index contributed by atoms with van der Waals surface area (Å²) in [5.74, 6) is 1.28. The minimum atomic E-state index is 0.231. The van der Waals surface area contributed by atoms with E-state index < -0.39 is 0 Å². The lowest BCUT2D eigenvalue weighted by Gasteiger charge is -2.31. The van der Waals surface area contributed by atoms with Crippen LogP contribution in [0.2, 0.25) is 0 Å². The second-order valence-corrected chi connectivity index (χ2v) is 8.04. The monoisotopic (exact) mass is 421 g/mol. The Labute approximate surface area is 181 Å². The Hall–Kier alpha value is -3.09. The van der Waals surface area contributed by atoms with E-state index in [0.717, 1.165) is 55.5 Å². The fraction of sp³-hybridized carbons (Fsp3) is 0.500. The first-order valence-electron chi connectivity index (χ1n) is 10.6. The zero-order valence-corrected chi connectivity index (χ0v) is 18.0. The summed E-state index contributed by atoms with van der Waals surface area (Å²) < 4.78 is 7.60. The summed E-state index contributed by atoms with van der Waals surface area (Å²) in [7, 11) is 1.79. The summed E-state index contributed by atoms with van der Waals surface area (Å²) in [5.41, 5.74) is 3.92. The Morgan fingerprint density at radius 2 is 2.10 bits per heavy atom. The molecule has 1 saturated heterocycles. The topological polar surface area (TPSA) is 113 Å². The van der Waals surface area contributed by atoms with Gasteiger partial charge >= 0.3 is 0 Å². The van der Waals surface area contributed by atoms with E-state index in [1.807, 2.05) is 19.1 Å². The molecule has 0 unspecified atom stereocenters. The Morgan fingerprint density at radius 1 is 1.29 bits per heavy atom. The van der Waals surface area contributed by atoms with Gasteiger partial charge in [-0.15, -0.1) is 5.10 Å². The number of aromatic nitrogens is 5. The SMILES string of the molecule is Cc1cc(-c2cc3c(nnn3C)c(C#N)n2)cnc1OCCC1CCN(CCO)CC1. The first kappa shape index (κ1) is 21.2. The highest BCUT2D eigenvalue weighted by Crippen LogP contribution is 2.27. The third kappa shape index (κ3) is 4.65. The van der Waals surface area contributed by atoms with E-state index in [2.05, 4.69) is 31.2 Å². The van der Waals surface area contributed by atoms with Crippen LogP contribution in [0.25, 0.3) is 22.3 Å². The summed E-state index contributed by atoms with van der Waals surface area (Å²) in [6, 6.07) is 5.95. The molecule has 9 heteroatoms. The highest BCUT2D eigenvalue weighted by atomic mass is 16.5. The van der Waals surface area contributed by atoms with Crippen LogP contribution in [0.5, 0.6) is 5.88 Å². The average Bonchev–Trinajstić information content (AvgIpc) is 3.16. The molecule has 1 aliphatic rings. The maximum atomic E-state index is 9.42. The van der Waals surface area contributed by atoms with Gasteiger partial charge in [0.05, 0.1) is 24.4 Å². The van der Waals surface area contributed by atoms with Gasteiger partial charge in [-0.25, -0.2) is 14.6 Å². The van der Waals surface area contributed by atoms with Crippen molar-refractivity contribution in [2.75, 3.05) is 32.8 Å². The van der Waals surface area contributed by atoms with Crippen molar-refractivity contribution >= 4 is 11.0 Å². The highest BCUT2D eigenvalue weighted by molar-refractivity contribution is 5.83. The second-order valence-electron chi connectivity index (χ2n) is 8.04. The minimum absolute atomic E-state index is 0.231. The number of aryl methyl sites for hydroxylation is 2. The van der Waals surface area contributed by atoms with Gasteiger partial charge in [-0.2, -0.15) is 5.26 Å². The normalized spacial score (nSPS) is 15.3. The lowest BCUT2D eigenvalue weighted by molar-refractivity contribution is 0.135. The van der Waals surface area contributed by atoms with Gasteiger partial charge in [-0.05, 0) is 57.3 Å². The zero-order valence-electron chi connectivity index (χ0n) is 18.0. The van der Waals surface area contributed by atoms with Gasteiger partial charge in [0.25, 0.3) is 0 Å². The number of hydrogen-bond donors (Lipinski definition) is 1. The lowest BCUT2D eigenvalue weighted by Crippen LogP contribution is -2.35. The number of likely N-dealkylation sites (tertiary alicyclic amines) is 1. The first-order chi connectivity index (χ1) is 15.1. The van der Waals surface area contributed by atoms with Crippen molar-refractivity contribution < 1.29 is 9.84 Å². The molecule has 0 saturated carbocycles. The Kier molecular flexibility index (Phi) is 6.39. The number of piperidine rings is 1. The van der Waals surface area contributed by atoms with Crippen molar-refractivity contribution in [1.82, 2.24) is 29.9 Å². The fourth-order valence-corrected chi connectivity index (χ4v) is 4.07. The quantitative estimate of drug-likeness (QED) is 0.617. The van der Waals surface area contributed by atoms with Crippen molar-refractivity contribution in [2.24, 2.45) is 13.0 Å². The van der Waals surface area contributed by atoms with E-state index in [9.17, 15) is 5.26 Å². The summed E-state index contributed by atoms with van der Waals surface area (Å²) in [6.45, 7) is 5.70. The predicted molar refractivity (Wildman–Crippen MR) is 115 cm³/mol. The molecular weight excluding hydrogens is 394 g/mol. The highest BCUT2D eigenvalue weighted by Gasteiger charge is 2.19. The number of rotatable bonds is 7. The van der Waals surface area contributed by atoms with Crippen LogP contribution >= 0.6 is 0 Å². The van der Waals surface area contributed by atoms with Crippen LogP contribution < -0.4 is 4.74 Å². The Morgan fingerprint density at radius 3 is 2.81 bits per heavy atom. The first-order valence-corrected chi connectivity index (χ1v) is 10.6. The van der Waals surface area contributed by atoms with E-state index >= 15 is 0 Å². The standard InChI is InChI=1S/C22H27N7O2/c1-15-11-17(18-12-20-21(19(13-23)25-18)26-27-28(20)2)14-24-22(15)31-10-5-16-3-6-29(7-4-16)8-9-30/h11-12,14,16,30H,3-10H2,1-2H3. The summed E-state index contributed by atoms with van der Waals surface area (Å²) >= 11 is 0. The number of hydrogen-bond acceptors (Lipinski definition) is 8. The number of pyridine rings is 2. The molecule has 3 aromatic rings. The number of aliphatic hydroxyl groups excluding tert-OH is 1. The number of nitriles is 1. The number of nitrogens with zero attached hydrogens (tertiary/aromatic N) is 7. The van der Waals surface area contributed by atoms with Gasteiger partial charge in [-0.3, -0.25) is 0 Å². The summed E-state index contributed by atoms with van der Waals surface area (Å²) in [4.78, 5) is 11.3. The van der Waals surface area contributed by atoms with Crippen LogP contribution in [-0.2, 0) is 7.05 Å². The van der Waals surface area contributed by atoms with Crippen LogP contribution in [0.15, 0.2) is 18.3 Å². The largest absolute Gasteiger partial charge is 0.477 e. The Balaban J connectivity index is 1.40. The van der Waals surface area contributed by atoms with E-state index in [1.54, 1.807) is 17.9 Å². The molecule has 3 aromatic heterocycles. The van der Waals surface area contributed by atoms with E-state index in [-0.39, 0.29) is 12.3 Å². The van der Waals surface area contributed by atoms with Gasteiger partial charge in [0.2, 0.25) is 5.88 Å². The lowest BCUT2D eigenvalue weighted by atomic mass is 9.94. The van der Waals surface area contributed by atoms with Crippen LogP contribution in [-0.4, -0.2) is 67.8 Å². The summed E-state index contributed by atoms with van der Waals surface area (Å²) in [6.07, 6.45) is 5.03. The molecule has 1 N–H and O–H groups in total. The molecule has 4 rings (SSSR count). The molecule has 4 heterocycles. The smallest absolute Gasteiger partial charge is 0.216 e. The molecule has 162 valence electrons. The molecule has 0 aromatic carbocycles. The number of ether oxygens (including phenoxy) is 1. The molecular formula is C22H27N7O2. The number of fused-ring (bicyclic) bond motifs is 1. The van der Waals surface area contributed by atoms with Gasteiger partial charge in [0.1, 0.15) is 11.6 Å². The maximum absolute atomic E-state index is 9.42. The molecule has 0 atom stereocenters. The molecule has 31 heavy (non-hydrogen) atoms. The van der Waals surface area contributed by atoms with Crippen LogP contribution in [0.1, 0.15) is 30.5 Å². The van der Waals surface area contributed by atoms with Crippen LogP contribution in [0.4, 0.5) is 0 Å². The third-order valence-corrected chi connectivity index (χ3v) is 5.92. The van der Waals surface area contributed by atoms with Crippen molar-refractivity contribution in [3.8, 4) is 23.2 Å². The fourth-order valence-electron chi connectivity index (χ4n) is 4.07. The molecule has 9 nitrogen and oxygen atoms in total. The van der Waals surface area contributed by atoms with Crippen molar-refractivity contribution in [1.29, 1.82) is 5.26 Å². The van der Waals surface area contributed by atoms with Crippen molar-refractivity contribution in [3.05, 3.63) is 29.6 Å². The zero-order chi connectivity index (χ0) is 21.8.